The molecule has 8 aromatic carbocycles. The monoisotopic (exact) mass is 1820 g/mol. The second kappa shape index (κ2) is 48.9. The Morgan fingerprint density at radius 2 is 0.659 bits per heavy atom. The number of nitrogens with one attached hydrogen (secondary N) is 4. The zero-order chi connectivity index (χ0) is 129. The molecule has 0 saturated heterocycles. The average molecular weight is 1830 g/mol. The SMILES string of the molecule is [2H]/C(=C\C(=O)Cc1cc2c(Nc3c([2H])c([2H])c(F)c(C)c3[2H])c(C#N)cnc2cc1OC([2H])([2H])C([2H])([2H])[2H])C([2H])([2H])N(C)C.[2H]/C(=C\C(=O)Cc1cc2c(Nc3c([2H])c([2H])c(F)c(C)c3[2H])c(C#N)cnc2cc1OC([2H])([2H])C([2H])([2H])[2H])CN(C)C([2H])([2H])[2H].[2H]/C(=C\C(=O)Cc1cc2c(Nc3c([2H])c([2H])c(F)c(C)c3[2H])c(C#N)cnc2cc1OC([2H])([2H])C)CN(C)C([2H])([2H])[2H].[2H]/C(=C\C(=O)Cc1cc2c(Nc3c([2H])c([2H])c(F)c(C)c3[2H])c(C#N)cnc2cc1OCC)CN(C)C([2H])([2H])[2H]. The molecule has 4 heterocycles. The molecule has 680 valence electrons. The zero-order valence-corrected chi connectivity index (χ0v) is 72.5. The van der Waals surface area contributed by atoms with Crippen molar-refractivity contribution in [3.8, 4) is 47.3 Å². The fourth-order valence-corrected chi connectivity index (χ4v) is 12.1. The van der Waals surface area contributed by atoms with Gasteiger partial charge in [-0.3, -0.25) is 39.1 Å². The van der Waals surface area contributed by atoms with Gasteiger partial charge in [-0.05, 0) is 255 Å². The van der Waals surface area contributed by atoms with Crippen molar-refractivity contribution in [3.63, 3.8) is 0 Å². The molecular weight excluding hydrogens is 1680 g/mol. The van der Waals surface area contributed by atoms with Gasteiger partial charge in [-0.15, -0.1) is 0 Å². The van der Waals surface area contributed by atoms with Crippen LogP contribution in [0.5, 0.6) is 23.0 Å². The van der Waals surface area contributed by atoms with Gasteiger partial charge < -0.3 is 59.8 Å². The lowest BCUT2D eigenvalue weighted by molar-refractivity contribution is -0.114. The first-order valence-electron chi connectivity index (χ1n) is 58.6. The fourth-order valence-electron chi connectivity index (χ4n) is 12.1. The van der Waals surface area contributed by atoms with Gasteiger partial charge in [-0.1, -0.05) is 24.2 Å². The number of hydrogen-bond donors (Lipinski definition) is 4. The summed E-state index contributed by atoms with van der Waals surface area (Å²) in [6, 6.07) is 9.62. The Kier molecular flexibility index (Phi) is 21.7. The van der Waals surface area contributed by atoms with Crippen molar-refractivity contribution in [1.29, 1.82) is 21.0 Å². The number of carbonyl (C=O) groups is 4. The van der Waals surface area contributed by atoms with Crippen molar-refractivity contribution in [1.82, 2.24) is 39.5 Å². The summed E-state index contributed by atoms with van der Waals surface area (Å²) in [6.07, 6.45) is 6.40. The van der Waals surface area contributed by atoms with E-state index in [0.717, 1.165) is 75.4 Å². The number of carbonyl (C=O) groups excluding carboxylic acids is 4. The number of hydrogen-bond acceptors (Lipinski definition) is 24. The van der Waals surface area contributed by atoms with Crippen molar-refractivity contribution in [2.24, 2.45) is 0 Å². The van der Waals surface area contributed by atoms with E-state index in [0.29, 0.717) is 22.2 Å². The smallest absolute Gasteiger partial charge is 0.159 e. The third-order valence-electron chi connectivity index (χ3n) is 18.0. The van der Waals surface area contributed by atoms with E-state index in [1.165, 1.54) is 99.6 Å². The molecular formula is C104H108F4N16O8. The van der Waals surface area contributed by atoms with Gasteiger partial charge >= 0.3 is 0 Å². The predicted octanol–water partition coefficient (Wildman–Crippen LogP) is 19.7. The molecule has 0 spiro atoms. The van der Waals surface area contributed by atoms with Crippen LogP contribution < -0.4 is 40.2 Å². The van der Waals surface area contributed by atoms with E-state index < -0.39 is 217 Å². The molecule has 0 bridgehead atoms. The molecule has 0 aliphatic rings. The minimum Gasteiger partial charge on any atom is -0.494 e. The molecule has 4 aromatic heterocycles. The Morgan fingerprint density at radius 3 is 0.894 bits per heavy atom. The minimum atomic E-state index is -3.26. The molecule has 0 radical (unpaired) electrons. The fraction of sp³-hybridized carbons (Fsp3) is 0.269. The standard InChI is InChI=1S/4C26H27FN4O2/c4*1-5-33-25-14-24-22(13-18(25)12-21(32)7-6-10-31(3)4)26(19(15-28)16-29-24)30-20-8-9-23(27)17(2)11-20/h4*6-9,11,13-14,16H,5,10,12H2,1-4H3,(H,29,30)/b4*7-6+/i1D3,5D2,6D,8D,9D,10D2,11D;1D3,3D3,5D2,6D,8D,9D,11D;3D3,5D2,6D,8D,9D,11D;3D3,6D,8D,9D,11D. The molecule has 24 nitrogen and oxygen atoms in total. The van der Waals surface area contributed by atoms with Gasteiger partial charge in [0.25, 0.3) is 0 Å². The van der Waals surface area contributed by atoms with Crippen molar-refractivity contribution < 1.29 is 109 Å². The number of ketones is 4. The third kappa shape index (κ3) is 28.5. The summed E-state index contributed by atoms with van der Waals surface area (Å²) in [5.41, 5.74) is -1.10. The highest BCUT2D eigenvalue weighted by molar-refractivity contribution is 6.03. The number of ether oxygens (including phenoxy) is 4. The van der Waals surface area contributed by atoms with Crippen molar-refractivity contribution in [2.75, 3.05) is 130 Å². The number of nitriles is 4. The zero-order valence-electron chi connectivity index (χ0n) is 112. The second-order valence-corrected chi connectivity index (χ2v) is 28.4. The highest BCUT2D eigenvalue weighted by atomic mass is 19.1. The Bertz CT molecular complexity index is 8460. The van der Waals surface area contributed by atoms with E-state index in [-0.39, 0.29) is 195 Å². The van der Waals surface area contributed by atoms with Crippen LogP contribution in [-0.2, 0) is 44.9 Å². The number of nitrogens with zero attached hydrogens (tertiary/aromatic N) is 12. The van der Waals surface area contributed by atoms with Gasteiger partial charge in [-0.25, -0.2) is 17.6 Å². The molecule has 12 aromatic rings. The van der Waals surface area contributed by atoms with Crippen LogP contribution in [0.3, 0.4) is 0 Å². The van der Waals surface area contributed by atoms with Crippen LogP contribution >= 0.6 is 0 Å². The number of fused-ring (bicyclic) bond motifs is 4. The molecule has 0 aliphatic heterocycles. The molecule has 0 unspecified atom stereocenters. The van der Waals surface area contributed by atoms with E-state index >= 15 is 0 Å². The van der Waals surface area contributed by atoms with Gasteiger partial charge in [0, 0.05) is 191 Å². The number of anilines is 8. The second-order valence-electron chi connectivity index (χ2n) is 28.4. The lowest BCUT2D eigenvalue weighted by Gasteiger charge is -2.15. The maximum absolute atomic E-state index is 14.3. The Labute approximate surface area is 822 Å². The van der Waals surface area contributed by atoms with E-state index in [4.69, 9.17) is 72.4 Å². The van der Waals surface area contributed by atoms with Crippen LogP contribution in [0, 0.1) is 96.3 Å². The number of allylic oxidation sites excluding steroid dienone is 4. The molecule has 0 aliphatic carbocycles. The van der Waals surface area contributed by atoms with E-state index in [2.05, 4.69) is 41.2 Å². The number of pyridine rings is 4. The molecule has 0 amide bonds. The maximum atomic E-state index is 14.3. The molecule has 0 fully saturated rings. The third-order valence-corrected chi connectivity index (χ3v) is 18.0. The number of halogens is 4. The Balaban J connectivity index is 0.000000250. The summed E-state index contributed by atoms with van der Waals surface area (Å²) in [6.45, 7) is -17.6. The van der Waals surface area contributed by atoms with E-state index in [9.17, 15) is 57.8 Å². The topological polar surface area (TPSA) is 313 Å². The van der Waals surface area contributed by atoms with Gasteiger partial charge in [0.05, 0.1) is 124 Å². The number of aromatic nitrogens is 4. The first-order valence-corrected chi connectivity index (χ1v) is 39.1. The van der Waals surface area contributed by atoms with E-state index in [1.54, 1.807) is 19.1 Å². The van der Waals surface area contributed by atoms with Gasteiger partial charge in [0.15, 0.2) is 23.1 Å². The summed E-state index contributed by atoms with van der Waals surface area (Å²) < 4.78 is 384. The quantitative estimate of drug-likeness (QED) is 0.0209. The normalized spacial score (nSPS) is 16.7. The molecule has 0 saturated carbocycles. The number of likely N-dealkylation sites (N-methyl/N-ethyl adjacent to an activating group) is 4. The van der Waals surface area contributed by atoms with Crippen LogP contribution in [0.1, 0.15) is 148 Å². The van der Waals surface area contributed by atoms with E-state index in [1.807, 2.05) is 24.3 Å². The molecule has 4 N–H and O–H groups in total. The Morgan fingerprint density at radius 1 is 0.402 bits per heavy atom. The maximum Gasteiger partial charge on any atom is 0.159 e. The van der Waals surface area contributed by atoms with Gasteiger partial charge in [0.1, 0.15) is 70.5 Å². The van der Waals surface area contributed by atoms with Crippen LogP contribution in [-0.4, -0.2) is 171 Å². The number of rotatable bonds is 36. The molecule has 132 heavy (non-hydrogen) atoms. The first kappa shape index (κ1) is 58.5. The summed E-state index contributed by atoms with van der Waals surface area (Å²) in [5, 5.41) is 51.0. The van der Waals surface area contributed by atoms with Crippen LogP contribution in [0.2, 0.25) is 0 Å². The van der Waals surface area contributed by atoms with Crippen molar-refractivity contribution in [3.05, 3.63) is 284 Å². The summed E-state index contributed by atoms with van der Waals surface area (Å²) in [7, 11) is 6.57. The van der Waals surface area contributed by atoms with Crippen LogP contribution in [0.15, 0.2) is 194 Å². The molecule has 12 rings (SSSR count). The lowest BCUT2D eigenvalue weighted by atomic mass is 10.0. The summed E-state index contributed by atoms with van der Waals surface area (Å²) >= 11 is 0. The average Bonchev–Trinajstić information content (AvgIpc) is 0.765. The van der Waals surface area contributed by atoms with Gasteiger partial charge in [0.2, 0.25) is 0 Å². The van der Waals surface area contributed by atoms with Crippen LogP contribution in [0.25, 0.3) is 43.6 Å². The summed E-state index contributed by atoms with van der Waals surface area (Å²) in [4.78, 5) is 72.4. The predicted molar refractivity (Wildman–Crippen MR) is 514 cm³/mol. The molecule has 0 atom stereocenters. The first-order chi connectivity index (χ1) is 78.7. The number of benzene rings is 8. The molecule has 28 heteroatoms. The minimum absolute atomic E-state index is 0.00250. The largest absolute Gasteiger partial charge is 0.494 e. The summed E-state index contributed by atoms with van der Waals surface area (Å²) in [5.74, 6) is -7.35. The van der Waals surface area contributed by atoms with Gasteiger partial charge in [-0.2, -0.15) is 21.0 Å². The van der Waals surface area contributed by atoms with Crippen molar-refractivity contribution in [2.45, 2.75) is 80.9 Å². The Hall–Kier alpha value is -15.0. The van der Waals surface area contributed by atoms with Crippen LogP contribution in [0.4, 0.5) is 63.1 Å². The highest BCUT2D eigenvalue weighted by Crippen LogP contribution is 2.40. The highest BCUT2D eigenvalue weighted by Gasteiger charge is 2.23. The lowest BCUT2D eigenvalue weighted by Crippen LogP contribution is -2.11. The van der Waals surface area contributed by atoms with Crippen molar-refractivity contribution >= 4 is 112 Å².